The van der Waals surface area contributed by atoms with E-state index in [1.807, 2.05) is 13.0 Å². The fourth-order valence-electron chi connectivity index (χ4n) is 0.597. The van der Waals surface area contributed by atoms with Gasteiger partial charge in [0.05, 0.1) is 0 Å². The van der Waals surface area contributed by atoms with E-state index in [1.165, 1.54) is 0 Å². The molecule has 0 unspecified atom stereocenters. The van der Waals surface area contributed by atoms with E-state index >= 15 is 0 Å². The van der Waals surface area contributed by atoms with E-state index in [0.29, 0.717) is 0 Å². The van der Waals surface area contributed by atoms with Gasteiger partial charge < -0.3 is 0 Å². The van der Waals surface area contributed by atoms with Crippen molar-refractivity contribution in [1.29, 1.82) is 0 Å². The van der Waals surface area contributed by atoms with Crippen LogP contribution in [0.2, 0.25) is 0 Å². The fraction of sp³-hybridized carbons (Fsp3) is 0.714. The van der Waals surface area contributed by atoms with Gasteiger partial charge in [-0.2, -0.15) is 0 Å². The van der Waals surface area contributed by atoms with Crippen LogP contribution >= 0.6 is 11.6 Å². The van der Waals surface area contributed by atoms with Crippen molar-refractivity contribution in [2.24, 2.45) is 5.41 Å². The molecule has 0 aromatic rings. The van der Waals surface area contributed by atoms with Crippen LogP contribution in [0.3, 0.4) is 0 Å². The fourth-order valence-corrected chi connectivity index (χ4v) is 0.924. The molecule has 0 amide bonds. The molecule has 0 saturated carbocycles. The molecular weight excluding hydrogens is 120 g/mol. The second kappa shape index (κ2) is 2.54. The lowest BCUT2D eigenvalue weighted by Gasteiger charge is -2.10. The summed E-state index contributed by atoms with van der Waals surface area (Å²) in [7, 11) is 0. The Hall–Kier alpha value is 0.0300. The highest BCUT2D eigenvalue weighted by molar-refractivity contribution is 6.29. The van der Waals surface area contributed by atoms with Crippen LogP contribution in [0.25, 0.3) is 0 Å². The van der Waals surface area contributed by atoms with Gasteiger partial charge in [0.25, 0.3) is 0 Å². The van der Waals surface area contributed by atoms with Crippen LogP contribution in [0.4, 0.5) is 0 Å². The Bertz CT molecular complexity index is 91.4. The second-order valence-electron chi connectivity index (χ2n) is 3.10. The minimum Gasteiger partial charge on any atom is -0.0898 e. The first-order valence-corrected chi connectivity index (χ1v) is 3.14. The third kappa shape index (κ3) is 6.03. The summed E-state index contributed by atoms with van der Waals surface area (Å²) in [5, 5.41) is 0.873. The number of allylic oxidation sites excluding steroid dienone is 2. The molecule has 0 atom stereocenters. The molecule has 0 aromatic carbocycles. The van der Waals surface area contributed by atoms with E-state index < -0.39 is 0 Å². The summed E-state index contributed by atoms with van der Waals surface area (Å²) in [6.07, 6.45) is 2.04. The lowest BCUT2D eigenvalue weighted by Crippen LogP contribution is -1.98. The van der Waals surface area contributed by atoms with Gasteiger partial charge in [-0.1, -0.05) is 38.4 Å². The van der Waals surface area contributed by atoms with E-state index in [4.69, 9.17) is 11.6 Å². The van der Waals surface area contributed by atoms with Gasteiger partial charge in [-0.15, -0.1) is 0 Å². The molecular formula is C7H13Cl. The number of rotatable bonds is 0. The average Bonchev–Trinajstić information content (AvgIpc) is 1.21. The van der Waals surface area contributed by atoms with Gasteiger partial charge in [0.15, 0.2) is 0 Å². The molecule has 8 heavy (non-hydrogen) atoms. The SMILES string of the molecule is C/C(Cl)=C/C(C)(C)C. The van der Waals surface area contributed by atoms with Gasteiger partial charge in [-0.25, -0.2) is 0 Å². The molecule has 1 heteroatoms. The van der Waals surface area contributed by atoms with Crippen LogP contribution in [0.5, 0.6) is 0 Å². The van der Waals surface area contributed by atoms with Gasteiger partial charge >= 0.3 is 0 Å². The van der Waals surface area contributed by atoms with E-state index in [-0.39, 0.29) is 5.41 Å². The molecule has 0 aliphatic heterocycles. The van der Waals surface area contributed by atoms with Crippen LogP contribution in [0.15, 0.2) is 11.1 Å². The molecule has 0 aliphatic carbocycles. The molecule has 0 radical (unpaired) electrons. The molecule has 0 aliphatic rings. The molecule has 0 heterocycles. The zero-order valence-corrected chi connectivity index (χ0v) is 6.71. The molecule has 48 valence electrons. The van der Waals surface area contributed by atoms with Crippen LogP contribution in [0.1, 0.15) is 27.7 Å². The highest BCUT2D eigenvalue weighted by Gasteiger charge is 2.04. The van der Waals surface area contributed by atoms with E-state index in [0.717, 1.165) is 5.03 Å². The van der Waals surface area contributed by atoms with Crippen LogP contribution in [-0.2, 0) is 0 Å². The summed E-state index contributed by atoms with van der Waals surface area (Å²) in [6.45, 7) is 8.27. The Morgan fingerprint density at radius 1 is 1.38 bits per heavy atom. The second-order valence-corrected chi connectivity index (χ2v) is 3.69. The van der Waals surface area contributed by atoms with Crippen LogP contribution in [-0.4, -0.2) is 0 Å². The van der Waals surface area contributed by atoms with Crippen molar-refractivity contribution in [2.75, 3.05) is 0 Å². The lowest BCUT2D eigenvalue weighted by atomic mass is 9.97. The van der Waals surface area contributed by atoms with E-state index in [1.54, 1.807) is 0 Å². The largest absolute Gasteiger partial charge is 0.0898 e. The maximum absolute atomic E-state index is 5.62. The van der Waals surface area contributed by atoms with E-state index in [9.17, 15) is 0 Å². The minimum absolute atomic E-state index is 0.228. The molecule has 0 nitrogen and oxygen atoms in total. The van der Waals surface area contributed by atoms with Gasteiger partial charge in [0, 0.05) is 5.03 Å². The van der Waals surface area contributed by atoms with Crippen molar-refractivity contribution in [3.8, 4) is 0 Å². The number of hydrogen-bond donors (Lipinski definition) is 0. The Morgan fingerprint density at radius 2 is 1.75 bits per heavy atom. The smallest absolute Gasteiger partial charge is 0.0115 e. The highest BCUT2D eigenvalue weighted by Crippen LogP contribution is 2.18. The first-order chi connectivity index (χ1) is 3.42. The predicted molar refractivity (Wildman–Crippen MR) is 39.1 cm³/mol. The zero-order chi connectivity index (χ0) is 6.78. The van der Waals surface area contributed by atoms with Gasteiger partial charge in [-0.05, 0) is 12.3 Å². The molecule has 0 bridgehead atoms. The quantitative estimate of drug-likeness (QED) is 0.475. The summed E-state index contributed by atoms with van der Waals surface area (Å²) in [4.78, 5) is 0. The maximum atomic E-state index is 5.62. The van der Waals surface area contributed by atoms with Gasteiger partial charge in [-0.3, -0.25) is 0 Å². The van der Waals surface area contributed by atoms with Crippen molar-refractivity contribution in [3.63, 3.8) is 0 Å². The molecule has 0 spiro atoms. The van der Waals surface area contributed by atoms with Gasteiger partial charge in [0.2, 0.25) is 0 Å². The first-order valence-electron chi connectivity index (χ1n) is 2.77. The first kappa shape index (κ1) is 8.03. The summed E-state index contributed by atoms with van der Waals surface area (Å²) >= 11 is 5.62. The van der Waals surface area contributed by atoms with E-state index in [2.05, 4.69) is 20.8 Å². The van der Waals surface area contributed by atoms with Crippen LogP contribution < -0.4 is 0 Å². The standard InChI is InChI=1S/C7H13Cl/c1-6(8)5-7(2,3)4/h5H,1-4H3/b6-5-. The molecule has 0 saturated heterocycles. The number of hydrogen-bond acceptors (Lipinski definition) is 0. The Kier molecular flexibility index (Phi) is 2.55. The molecule has 0 rings (SSSR count). The molecule has 0 N–H and O–H groups in total. The van der Waals surface area contributed by atoms with Crippen molar-refractivity contribution in [3.05, 3.63) is 11.1 Å². The Balaban J connectivity index is 3.89. The zero-order valence-electron chi connectivity index (χ0n) is 5.96. The van der Waals surface area contributed by atoms with Crippen molar-refractivity contribution in [2.45, 2.75) is 27.7 Å². The van der Waals surface area contributed by atoms with Crippen molar-refractivity contribution in [1.82, 2.24) is 0 Å². The minimum atomic E-state index is 0.228. The third-order valence-corrected chi connectivity index (χ3v) is 0.741. The molecule has 0 fully saturated rings. The normalized spacial score (nSPS) is 14.4. The monoisotopic (exact) mass is 132 g/mol. The Labute approximate surface area is 56.5 Å². The van der Waals surface area contributed by atoms with Crippen molar-refractivity contribution < 1.29 is 0 Å². The summed E-state index contributed by atoms with van der Waals surface area (Å²) in [5.41, 5.74) is 0.228. The lowest BCUT2D eigenvalue weighted by molar-refractivity contribution is 0.542. The summed E-state index contributed by atoms with van der Waals surface area (Å²) in [6, 6.07) is 0. The summed E-state index contributed by atoms with van der Waals surface area (Å²) < 4.78 is 0. The predicted octanol–water partition coefficient (Wildman–Crippen LogP) is 3.18. The van der Waals surface area contributed by atoms with Crippen molar-refractivity contribution >= 4 is 11.6 Å². The average molecular weight is 133 g/mol. The highest BCUT2D eigenvalue weighted by atomic mass is 35.5. The topological polar surface area (TPSA) is 0 Å². The number of halogens is 1. The molecule has 0 aromatic heterocycles. The van der Waals surface area contributed by atoms with Crippen LogP contribution in [0, 0.1) is 5.41 Å². The summed E-state index contributed by atoms with van der Waals surface area (Å²) in [5.74, 6) is 0. The Morgan fingerprint density at radius 3 is 1.75 bits per heavy atom. The third-order valence-electron chi connectivity index (χ3n) is 0.632. The maximum Gasteiger partial charge on any atom is 0.0115 e. The van der Waals surface area contributed by atoms with Gasteiger partial charge in [0.1, 0.15) is 0 Å².